The van der Waals surface area contributed by atoms with Crippen LogP contribution in [0.25, 0.3) is 5.52 Å². The molecule has 1 atom stereocenters. The van der Waals surface area contributed by atoms with Crippen LogP contribution in [0.4, 0.5) is 11.5 Å². The number of aromatic nitrogens is 4. The zero-order chi connectivity index (χ0) is 16.6. The van der Waals surface area contributed by atoms with Crippen LogP contribution in [0.3, 0.4) is 0 Å². The molecule has 0 aliphatic heterocycles. The lowest BCUT2D eigenvalue weighted by molar-refractivity contribution is 0.102. The van der Waals surface area contributed by atoms with E-state index in [1.807, 2.05) is 29.8 Å². The van der Waals surface area contributed by atoms with Crippen molar-refractivity contribution in [1.29, 1.82) is 0 Å². The average Bonchev–Trinajstić information content (AvgIpc) is 3.06. The Labute approximate surface area is 134 Å². The molecule has 120 valence electrons. The molecule has 0 bridgehead atoms. The number of nitrogens with zero attached hydrogens (tertiary/aromatic N) is 4. The smallest absolute Gasteiger partial charge is 0.261 e. The Hall–Kier alpha value is -2.83. The van der Waals surface area contributed by atoms with Gasteiger partial charge in [-0.2, -0.15) is 5.10 Å². The maximum atomic E-state index is 12.6. The second-order valence-electron chi connectivity index (χ2n) is 5.59. The number of pyridine rings is 1. The Bertz CT molecular complexity index is 863. The van der Waals surface area contributed by atoms with Crippen LogP contribution in [0, 0.1) is 6.92 Å². The van der Waals surface area contributed by atoms with Crippen LogP contribution in [0.15, 0.2) is 30.6 Å². The Kier molecular flexibility index (Phi) is 3.77. The molecule has 3 heterocycles. The zero-order valence-electron chi connectivity index (χ0n) is 13.4. The van der Waals surface area contributed by atoms with Crippen molar-refractivity contribution in [2.45, 2.75) is 33.2 Å². The quantitative estimate of drug-likeness (QED) is 0.775. The first-order valence-corrected chi connectivity index (χ1v) is 7.61. The summed E-state index contributed by atoms with van der Waals surface area (Å²) in [5.41, 5.74) is 8.56. The minimum Gasteiger partial charge on any atom is -0.382 e. The van der Waals surface area contributed by atoms with Gasteiger partial charge in [0, 0.05) is 12.2 Å². The minimum absolute atomic E-state index is 0.209. The molecule has 7 heteroatoms. The van der Waals surface area contributed by atoms with E-state index in [1.54, 1.807) is 16.9 Å². The Morgan fingerprint density at radius 3 is 2.96 bits per heavy atom. The number of anilines is 2. The molecular formula is C16H20N6O. The van der Waals surface area contributed by atoms with Crippen molar-refractivity contribution in [3.63, 3.8) is 0 Å². The van der Waals surface area contributed by atoms with Gasteiger partial charge in [-0.25, -0.2) is 4.52 Å². The monoisotopic (exact) mass is 312 g/mol. The highest BCUT2D eigenvalue weighted by Gasteiger charge is 2.20. The molecule has 0 saturated heterocycles. The Morgan fingerprint density at radius 2 is 2.22 bits per heavy atom. The molecule has 1 amide bonds. The summed E-state index contributed by atoms with van der Waals surface area (Å²) >= 11 is 0. The van der Waals surface area contributed by atoms with Gasteiger partial charge in [0.05, 0.1) is 23.1 Å². The van der Waals surface area contributed by atoms with Gasteiger partial charge < -0.3 is 11.1 Å². The molecule has 0 aliphatic rings. The average molecular weight is 312 g/mol. The number of rotatable bonds is 4. The summed E-state index contributed by atoms with van der Waals surface area (Å²) in [7, 11) is 0. The number of hydrogen-bond acceptors (Lipinski definition) is 4. The van der Waals surface area contributed by atoms with Gasteiger partial charge in [0.25, 0.3) is 5.91 Å². The maximum Gasteiger partial charge on any atom is 0.261 e. The molecule has 3 aromatic rings. The lowest BCUT2D eigenvalue weighted by Crippen LogP contribution is -2.14. The number of hydrogen-bond donors (Lipinski definition) is 2. The number of nitrogens with one attached hydrogen (secondary N) is 1. The molecule has 3 N–H and O–H groups in total. The number of carbonyl (C=O) groups excluding carboxylic acids is 1. The normalized spacial score (nSPS) is 12.5. The summed E-state index contributed by atoms with van der Waals surface area (Å²) in [5, 5.41) is 11.4. The number of carbonyl (C=O) groups is 1. The molecule has 3 rings (SSSR count). The fourth-order valence-electron chi connectivity index (χ4n) is 2.60. The third-order valence-corrected chi connectivity index (χ3v) is 4.10. The highest BCUT2D eigenvalue weighted by atomic mass is 16.1. The molecule has 0 saturated carbocycles. The van der Waals surface area contributed by atoms with Gasteiger partial charge in [0.1, 0.15) is 5.56 Å². The van der Waals surface area contributed by atoms with Crippen LogP contribution in [0.5, 0.6) is 0 Å². The topological polar surface area (TPSA) is 90.2 Å². The van der Waals surface area contributed by atoms with Crippen molar-refractivity contribution in [2.24, 2.45) is 0 Å². The van der Waals surface area contributed by atoms with E-state index >= 15 is 0 Å². The summed E-state index contributed by atoms with van der Waals surface area (Å²) in [6, 6.07) is 5.77. The first kappa shape index (κ1) is 15.1. The molecule has 0 aliphatic carbocycles. The fourth-order valence-corrected chi connectivity index (χ4v) is 2.60. The standard InChI is InChI=1S/C16H20N6O/c1-4-10(2)22-11(3)12(9-18-22)19-16(23)14-13-7-5-6-8-21(13)20-15(14)17/h5-10H,4H2,1-3H3,(H2,17,20)(H,19,23). The zero-order valence-corrected chi connectivity index (χ0v) is 13.4. The minimum atomic E-state index is -0.282. The van der Waals surface area contributed by atoms with Crippen LogP contribution >= 0.6 is 0 Å². The summed E-state index contributed by atoms with van der Waals surface area (Å²) in [6.07, 6.45) is 4.40. The first-order chi connectivity index (χ1) is 11.0. The maximum absolute atomic E-state index is 12.6. The van der Waals surface area contributed by atoms with Crippen molar-refractivity contribution in [2.75, 3.05) is 11.1 Å². The number of fused-ring (bicyclic) bond motifs is 1. The van der Waals surface area contributed by atoms with Gasteiger partial charge in [-0.15, -0.1) is 5.10 Å². The van der Waals surface area contributed by atoms with Crippen LogP contribution < -0.4 is 11.1 Å². The van der Waals surface area contributed by atoms with E-state index < -0.39 is 0 Å². The third-order valence-electron chi connectivity index (χ3n) is 4.10. The molecule has 0 radical (unpaired) electrons. The summed E-state index contributed by atoms with van der Waals surface area (Å²) in [5.74, 6) is -0.0730. The fraction of sp³-hybridized carbons (Fsp3) is 0.312. The van der Waals surface area contributed by atoms with E-state index in [2.05, 4.69) is 29.4 Å². The highest BCUT2D eigenvalue weighted by Crippen LogP contribution is 2.23. The van der Waals surface area contributed by atoms with Gasteiger partial charge in [-0.3, -0.25) is 9.48 Å². The molecule has 0 spiro atoms. The van der Waals surface area contributed by atoms with E-state index in [1.165, 1.54) is 0 Å². The van der Waals surface area contributed by atoms with E-state index in [4.69, 9.17) is 5.73 Å². The molecule has 1 unspecified atom stereocenters. The van der Waals surface area contributed by atoms with Gasteiger partial charge >= 0.3 is 0 Å². The Balaban J connectivity index is 1.93. The molecule has 7 nitrogen and oxygen atoms in total. The second-order valence-corrected chi connectivity index (χ2v) is 5.59. The van der Waals surface area contributed by atoms with Gasteiger partial charge in [0.15, 0.2) is 5.82 Å². The van der Waals surface area contributed by atoms with E-state index in [-0.39, 0.29) is 17.8 Å². The van der Waals surface area contributed by atoms with E-state index in [9.17, 15) is 4.79 Å². The summed E-state index contributed by atoms with van der Waals surface area (Å²) in [6.45, 7) is 6.13. The van der Waals surface area contributed by atoms with Crippen LogP contribution in [0.1, 0.15) is 42.4 Å². The van der Waals surface area contributed by atoms with Gasteiger partial charge in [-0.05, 0) is 32.4 Å². The molecule has 3 aromatic heterocycles. The van der Waals surface area contributed by atoms with Crippen molar-refractivity contribution in [1.82, 2.24) is 19.4 Å². The lowest BCUT2D eigenvalue weighted by atomic mass is 10.2. The van der Waals surface area contributed by atoms with Crippen molar-refractivity contribution >= 4 is 22.9 Å². The van der Waals surface area contributed by atoms with Crippen LogP contribution in [-0.4, -0.2) is 25.3 Å². The lowest BCUT2D eigenvalue weighted by Gasteiger charge is -2.12. The molecular weight excluding hydrogens is 292 g/mol. The highest BCUT2D eigenvalue weighted by molar-refractivity contribution is 6.12. The molecule has 0 fully saturated rings. The van der Waals surface area contributed by atoms with Crippen molar-refractivity contribution < 1.29 is 4.79 Å². The van der Waals surface area contributed by atoms with Crippen LogP contribution in [-0.2, 0) is 0 Å². The van der Waals surface area contributed by atoms with Gasteiger partial charge in [-0.1, -0.05) is 13.0 Å². The third kappa shape index (κ3) is 2.54. The number of nitrogen functional groups attached to an aromatic ring is 1. The largest absolute Gasteiger partial charge is 0.382 e. The molecule has 0 aromatic carbocycles. The second kappa shape index (κ2) is 5.75. The Morgan fingerprint density at radius 1 is 1.43 bits per heavy atom. The van der Waals surface area contributed by atoms with Crippen molar-refractivity contribution in [3.05, 3.63) is 41.9 Å². The van der Waals surface area contributed by atoms with E-state index in [0.717, 1.165) is 12.1 Å². The van der Waals surface area contributed by atoms with Crippen molar-refractivity contribution in [3.8, 4) is 0 Å². The predicted octanol–water partition coefficient (Wildman–Crippen LogP) is 2.64. The summed E-state index contributed by atoms with van der Waals surface area (Å²) in [4.78, 5) is 12.6. The number of nitrogens with two attached hydrogens (primary N) is 1. The van der Waals surface area contributed by atoms with Crippen LogP contribution in [0.2, 0.25) is 0 Å². The SMILES string of the molecule is CCC(C)n1ncc(NC(=O)c2c(N)nn3ccccc23)c1C. The molecule has 23 heavy (non-hydrogen) atoms. The number of amides is 1. The summed E-state index contributed by atoms with van der Waals surface area (Å²) < 4.78 is 3.51. The first-order valence-electron chi connectivity index (χ1n) is 7.61. The van der Waals surface area contributed by atoms with Gasteiger partial charge in [0.2, 0.25) is 0 Å². The van der Waals surface area contributed by atoms with E-state index in [0.29, 0.717) is 16.8 Å². The predicted molar refractivity (Wildman–Crippen MR) is 89.5 cm³/mol.